The predicted octanol–water partition coefficient (Wildman–Crippen LogP) is 2.78. The highest BCUT2D eigenvalue weighted by atomic mass is 15.2. The molecule has 1 rings (SSSR count). The summed E-state index contributed by atoms with van der Waals surface area (Å²) in [7, 11) is 1.88. The Kier molecular flexibility index (Phi) is 5.19. The van der Waals surface area contributed by atoms with Crippen LogP contribution in [0.3, 0.4) is 0 Å². The maximum Gasteiger partial charge on any atom is 0.105 e. The second kappa shape index (κ2) is 6.04. The van der Waals surface area contributed by atoms with Crippen LogP contribution < -0.4 is 5.32 Å². The second-order valence-electron chi connectivity index (χ2n) is 6.17. The Morgan fingerprint density at radius 3 is 2.44 bits per heavy atom. The normalized spacial score (nSPS) is 24.4. The molecule has 18 heavy (non-hydrogen) atoms. The lowest BCUT2D eigenvalue weighted by molar-refractivity contribution is 0.179. The molecule has 2 atom stereocenters. The summed E-state index contributed by atoms with van der Waals surface area (Å²) < 4.78 is 0. The Balaban J connectivity index is 2.60. The minimum absolute atomic E-state index is 0.400. The molecule has 1 saturated heterocycles. The van der Waals surface area contributed by atoms with Crippen molar-refractivity contribution >= 4 is 0 Å². The van der Waals surface area contributed by atoms with Crippen molar-refractivity contribution < 1.29 is 0 Å². The van der Waals surface area contributed by atoms with Crippen LogP contribution >= 0.6 is 0 Å². The fourth-order valence-corrected chi connectivity index (χ4v) is 3.10. The molecular weight excluding hydrogens is 222 g/mol. The molecule has 0 amide bonds. The van der Waals surface area contributed by atoms with Gasteiger partial charge in [-0.3, -0.25) is 4.90 Å². The van der Waals surface area contributed by atoms with Crippen LogP contribution in [0.15, 0.2) is 0 Å². The summed E-state index contributed by atoms with van der Waals surface area (Å²) >= 11 is 0. The standard InChI is InChI=1S/C15H29N3/c1-6-15(7-2)8-9-18(12-15)13(3)10-14(4,11-16)17-5/h13,17H,6-10,12H2,1-5H3. The average Bonchev–Trinajstić information content (AvgIpc) is 2.84. The van der Waals surface area contributed by atoms with Gasteiger partial charge >= 0.3 is 0 Å². The van der Waals surface area contributed by atoms with Gasteiger partial charge in [0, 0.05) is 12.6 Å². The van der Waals surface area contributed by atoms with Gasteiger partial charge in [0.25, 0.3) is 0 Å². The van der Waals surface area contributed by atoms with E-state index in [-0.39, 0.29) is 0 Å². The fraction of sp³-hybridized carbons (Fsp3) is 0.933. The van der Waals surface area contributed by atoms with Crippen LogP contribution in [0.4, 0.5) is 0 Å². The zero-order valence-corrected chi connectivity index (χ0v) is 12.7. The molecule has 0 aliphatic carbocycles. The maximum absolute atomic E-state index is 9.24. The summed E-state index contributed by atoms with van der Waals surface area (Å²) in [4.78, 5) is 2.57. The Morgan fingerprint density at radius 1 is 1.44 bits per heavy atom. The number of nitriles is 1. The Morgan fingerprint density at radius 2 is 2.06 bits per heavy atom. The Labute approximate surface area is 113 Å². The molecule has 2 unspecified atom stereocenters. The molecule has 0 spiro atoms. The summed E-state index contributed by atoms with van der Waals surface area (Å²) in [5.74, 6) is 0. The van der Waals surface area contributed by atoms with E-state index in [0.29, 0.717) is 11.5 Å². The van der Waals surface area contributed by atoms with E-state index in [4.69, 9.17) is 0 Å². The van der Waals surface area contributed by atoms with Gasteiger partial charge < -0.3 is 5.32 Å². The van der Waals surface area contributed by atoms with Crippen molar-refractivity contribution in [3.63, 3.8) is 0 Å². The first-order valence-corrected chi connectivity index (χ1v) is 7.28. The number of rotatable bonds is 6. The highest BCUT2D eigenvalue weighted by Gasteiger charge is 2.38. The van der Waals surface area contributed by atoms with Crippen LogP contribution in [0, 0.1) is 16.7 Å². The third-order valence-corrected chi connectivity index (χ3v) is 5.09. The first-order chi connectivity index (χ1) is 8.44. The molecule has 1 N–H and O–H groups in total. The Hall–Kier alpha value is -0.590. The van der Waals surface area contributed by atoms with Crippen LogP contribution in [-0.4, -0.2) is 36.6 Å². The van der Waals surface area contributed by atoms with Crippen molar-refractivity contribution in [1.82, 2.24) is 10.2 Å². The van der Waals surface area contributed by atoms with Gasteiger partial charge in [-0.2, -0.15) is 5.26 Å². The SMILES string of the molecule is CCC1(CC)CCN(C(C)CC(C)(C#N)NC)C1. The first-order valence-electron chi connectivity index (χ1n) is 7.28. The highest BCUT2D eigenvalue weighted by molar-refractivity contribution is 5.05. The quantitative estimate of drug-likeness (QED) is 0.789. The van der Waals surface area contributed by atoms with Gasteiger partial charge in [-0.1, -0.05) is 13.8 Å². The van der Waals surface area contributed by atoms with E-state index in [9.17, 15) is 5.26 Å². The number of nitrogens with one attached hydrogen (secondary N) is 1. The molecule has 3 nitrogen and oxygen atoms in total. The van der Waals surface area contributed by atoms with E-state index in [1.807, 2.05) is 14.0 Å². The van der Waals surface area contributed by atoms with Crippen LogP contribution in [0.2, 0.25) is 0 Å². The van der Waals surface area contributed by atoms with Gasteiger partial charge in [-0.25, -0.2) is 0 Å². The molecule has 1 fully saturated rings. The summed E-state index contributed by atoms with van der Waals surface area (Å²) in [5.41, 5.74) is 0.125. The Bertz CT molecular complexity index is 303. The van der Waals surface area contributed by atoms with Gasteiger partial charge in [0.2, 0.25) is 0 Å². The largest absolute Gasteiger partial charge is 0.303 e. The monoisotopic (exact) mass is 251 g/mol. The van der Waals surface area contributed by atoms with Gasteiger partial charge in [0.1, 0.15) is 5.54 Å². The van der Waals surface area contributed by atoms with Crippen molar-refractivity contribution in [2.24, 2.45) is 5.41 Å². The zero-order valence-electron chi connectivity index (χ0n) is 12.7. The van der Waals surface area contributed by atoms with Crippen LogP contribution in [-0.2, 0) is 0 Å². The molecule has 0 aromatic heterocycles. The molecule has 1 aliphatic rings. The summed E-state index contributed by atoms with van der Waals surface area (Å²) in [5, 5.41) is 12.4. The highest BCUT2D eigenvalue weighted by Crippen LogP contribution is 2.38. The molecule has 0 bridgehead atoms. The third kappa shape index (κ3) is 3.24. The molecule has 1 aliphatic heterocycles. The molecule has 0 aromatic rings. The second-order valence-corrected chi connectivity index (χ2v) is 6.17. The zero-order chi connectivity index (χ0) is 13.8. The van der Waals surface area contributed by atoms with Crippen molar-refractivity contribution in [3.8, 4) is 6.07 Å². The maximum atomic E-state index is 9.24. The molecule has 0 saturated carbocycles. The van der Waals surface area contributed by atoms with E-state index < -0.39 is 5.54 Å². The van der Waals surface area contributed by atoms with Crippen LogP contribution in [0.5, 0.6) is 0 Å². The van der Waals surface area contributed by atoms with E-state index in [0.717, 1.165) is 6.42 Å². The van der Waals surface area contributed by atoms with Crippen LogP contribution in [0.25, 0.3) is 0 Å². The molecule has 0 radical (unpaired) electrons. The lowest BCUT2D eigenvalue weighted by atomic mass is 9.82. The molecule has 104 valence electrons. The first kappa shape index (κ1) is 15.5. The number of hydrogen-bond acceptors (Lipinski definition) is 3. The summed E-state index contributed by atoms with van der Waals surface area (Å²) in [6.45, 7) is 11.3. The van der Waals surface area contributed by atoms with E-state index in [1.165, 1.54) is 32.4 Å². The minimum Gasteiger partial charge on any atom is -0.303 e. The molecule has 3 heteroatoms. The number of likely N-dealkylation sites (tertiary alicyclic amines) is 1. The molecule has 1 heterocycles. The smallest absolute Gasteiger partial charge is 0.105 e. The summed E-state index contributed by atoms with van der Waals surface area (Å²) in [6, 6.07) is 2.87. The van der Waals surface area contributed by atoms with Gasteiger partial charge in [0.05, 0.1) is 6.07 Å². The topological polar surface area (TPSA) is 39.1 Å². The van der Waals surface area contributed by atoms with Gasteiger partial charge in [0.15, 0.2) is 0 Å². The summed E-state index contributed by atoms with van der Waals surface area (Å²) in [6.07, 6.45) is 4.75. The average molecular weight is 251 g/mol. The molecule has 0 aromatic carbocycles. The van der Waals surface area contributed by atoms with Crippen molar-refractivity contribution in [3.05, 3.63) is 0 Å². The number of hydrogen-bond donors (Lipinski definition) is 1. The fourth-order valence-electron chi connectivity index (χ4n) is 3.10. The van der Waals surface area contributed by atoms with Gasteiger partial charge in [-0.05, 0) is 58.5 Å². The van der Waals surface area contributed by atoms with Crippen molar-refractivity contribution in [2.45, 2.75) is 65.0 Å². The van der Waals surface area contributed by atoms with E-state index in [1.54, 1.807) is 0 Å². The van der Waals surface area contributed by atoms with Crippen molar-refractivity contribution in [2.75, 3.05) is 20.1 Å². The third-order valence-electron chi connectivity index (χ3n) is 5.09. The van der Waals surface area contributed by atoms with E-state index in [2.05, 4.69) is 37.1 Å². The van der Waals surface area contributed by atoms with Crippen LogP contribution in [0.1, 0.15) is 53.4 Å². The van der Waals surface area contributed by atoms with E-state index >= 15 is 0 Å². The minimum atomic E-state index is -0.400. The molecular formula is C15H29N3. The lowest BCUT2D eigenvalue weighted by Crippen LogP contribution is -2.45. The number of nitrogens with zero attached hydrogens (tertiary/aromatic N) is 2. The van der Waals surface area contributed by atoms with Crippen molar-refractivity contribution in [1.29, 1.82) is 5.26 Å². The lowest BCUT2D eigenvalue weighted by Gasteiger charge is -2.33. The van der Waals surface area contributed by atoms with Gasteiger partial charge in [-0.15, -0.1) is 0 Å². The predicted molar refractivity (Wildman–Crippen MR) is 76.4 cm³/mol.